The van der Waals surface area contributed by atoms with E-state index in [1.807, 2.05) is 0 Å². The molecule has 65 heavy (non-hydrogen) atoms. The minimum absolute atomic E-state index is 0.134. The number of hydrogen-bond acceptors (Lipinski definition) is 6. The lowest BCUT2D eigenvalue weighted by atomic mass is 10.1. The summed E-state index contributed by atoms with van der Waals surface area (Å²) >= 11 is 0. The third kappa shape index (κ3) is 50.7. The van der Waals surface area contributed by atoms with E-state index in [1.54, 1.807) is 0 Å². The van der Waals surface area contributed by atoms with Crippen LogP contribution >= 0.6 is 0 Å². The predicted molar refractivity (Wildman–Crippen MR) is 279 cm³/mol. The van der Waals surface area contributed by atoms with E-state index in [4.69, 9.17) is 14.2 Å². The van der Waals surface area contributed by atoms with Crippen LogP contribution in [0.15, 0.2) is 122 Å². The summed E-state index contributed by atoms with van der Waals surface area (Å²) in [7, 11) is 0. The topological polar surface area (TPSA) is 78.9 Å². The lowest BCUT2D eigenvalue weighted by Gasteiger charge is -2.18. The van der Waals surface area contributed by atoms with Crippen LogP contribution in [0.3, 0.4) is 0 Å². The highest BCUT2D eigenvalue weighted by Gasteiger charge is 2.19. The lowest BCUT2D eigenvalue weighted by molar-refractivity contribution is -0.167. The second kappa shape index (κ2) is 52.4. The summed E-state index contributed by atoms with van der Waals surface area (Å²) < 4.78 is 16.7. The van der Waals surface area contributed by atoms with Gasteiger partial charge in [-0.25, -0.2) is 0 Å². The van der Waals surface area contributed by atoms with Crippen molar-refractivity contribution in [3.63, 3.8) is 0 Å². The van der Waals surface area contributed by atoms with Gasteiger partial charge in [0.25, 0.3) is 0 Å². The quantitative estimate of drug-likeness (QED) is 0.0262. The van der Waals surface area contributed by atoms with Crippen molar-refractivity contribution in [2.75, 3.05) is 13.2 Å². The normalized spacial score (nSPS) is 13.1. The Hall–Kier alpha value is -4.19. The first kappa shape index (κ1) is 60.8. The molecule has 0 bridgehead atoms. The standard InChI is InChI=1S/C59H94O6/c1-4-7-10-13-16-19-22-25-28-29-32-34-37-40-43-46-49-52-58(61)64-55-56(65-59(62)53-50-47-44-41-38-35-31-27-24-21-18-15-12-9-6-3)54-63-57(60)51-48-45-42-39-36-33-30-26-23-20-17-14-11-8-5-2/h16-21,25-28,30-32,34,36,38-41,43,56H,4-15,22-24,29,33,35,37,42,44-55H2,1-3H3/b19-16-,20-17-,21-18-,28-25-,30-26-,31-27-,34-32-,39-36-,41-38-,43-40-/t56-/m0/s1. The number of allylic oxidation sites excluding steroid dienone is 20. The molecule has 0 aromatic rings. The van der Waals surface area contributed by atoms with Gasteiger partial charge in [-0.2, -0.15) is 0 Å². The highest BCUT2D eigenvalue weighted by atomic mass is 16.6. The van der Waals surface area contributed by atoms with Crippen LogP contribution in [0.1, 0.15) is 213 Å². The Kier molecular flexibility index (Phi) is 49.1. The third-order valence-corrected chi connectivity index (χ3v) is 10.4. The number of hydrogen-bond donors (Lipinski definition) is 0. The van der Waals surface area contributed by atoms with Gasteiger partial charge in [0.1, 0.15) is 13.2 Å². The van der Waals surface area contributed by atoms with Crippen molar-refractivity contribution in [3.05, 3.63) is 122 Å². The van der Waals surface area contributed by atoms with Crippen LogP contribution in [0.5, 0.6) is 0 Å². The van der Waals surface area contributed by atoms with E-state index in [0.29, 0.717) is 19.3 Å². The number of unbranched alkanes of at least 4 members (excludes halogenated alkanes) is 14. The van der Waals surface area contributed by atoms with Crippen molar-refractivity contribution in [1.29, 1.82) is 0 Å². The van der Waals surface area contributed by atoms with Gasteiger partial charge in [-0.15, -0.1) is 0 Å². The van der Waals surface area contributed by atoms with Gasteiger partial charge in [-0.3, -0.25) is 14.4 Å². The fourth-order valence-electron chi connectivity index (χ4n) is 6.45. The second-order valence-corrected chi connectivity index (χ2v) is 16.7. The molecule has 0 N–H and O–H groups in total. The molecular formula is C59H94O6. The van der Waals surface area contributed by atoms with Gasteiger partial charge >= 0.3 is 17.9 Å². The van der Waals surface area contributed by atoms with Gasteiger partial charge in [0.2, 0.25) is 0 Å². The minimum Gasteiger partial charge on any atom is -0.462 e. The SMILES string of the molecule is CCCCC/C=C\C/C=C\C/C=C\C/C=C\CCCC(=O)OC[C@H](COC(=O)CCCC/C=C\C/C=C\C/C=C\CCCCC)OC(=O)CCCC/C=C\C/C=C\C/C=C\CCCCC. The molecule has 0 fully saturated rings. The van der Waals surface area contributed by atoms with Crippen LogP contribution in [-0.2, 0) is 28.6 Å². The Labute approximate surface area is 399 Å². The molecule has 0 spiro atoms. The van der Waals surface area contributed by atoms with Crippen molar-refractivity contribution < 1.29 is 28.6 Å². The molecule has 0 aromatic carbocycles. The molecule has 0 aliphatic carbocycles. The molecule has 0 aromatic heterocycles. The summed E-state index contributed by atoms with van der Waals surface area (Å²) in [6.07, 6.45) is 71.9. The number of rotatable bonds is 45. The highest BCUT2D eigenvalue weighted by Crippen LogP contribution is 2.10. The minimum atomic E-state index is -0.839. The molecule has 6 heteroatoms. The van der Waals surface area contributed by atoms with Gasteiger partial charge in [-0.05, 0) is 135 Å². The monoisotopic (exact) mass is 899 g/mol. The molecule has 0 radical (unpaired) electrons. The molecule has 0 rings (SSSR count). The molecule has 0 aliphatic heterocycles. The molecule has 0 aliphatic rings. The number of esters is 3. The average Bonchev–Trinajstić information content (AvgIpc) is 3.30. The van der Waals surface area contributed by atoms with Crippen LogP contribution in [0.4, 0.5) is 0 Å². The van der Waals surface area contributed by atoms with Crippen LogP contribution in [0.25, 0.3) is 0 Å². The summed E-state index contributed by atoms with van der Waals surface area (Å²) in [5.41, 5.74) is 0. The first-order chi connectivity index (χ1) is 32.0. The number of ether oxygens (including phenoxy) is 3. The molecular weight excluding hydrogens is 805 g/mol. The predicted octanol–water partition coefficient (Wildman–Crippen LogP) is 17.3. The zero-order valence-corrected chi connectivity index (χ0v) is 41.7. The van der Waals surface area contributed by atoms with E-state index in [0.717, 1.165) is 77.0 Å². The van der Waals surface area contributed by atoms with Crippen LogP contribution in [-0.4, -0.2) is 37.2 Å². The molecule has 0 saturated carbocycles. The van der Waals surface area contributed by atoms with Gasteiger partial charge in [0.15, 0.2) is 6.10 Å². The van der Waals surface area contributed by atoms with Crippen LogP contribution < -0.4 is 0 Å². The van der Waals surface area contributed by atoms with Crippen LogP contribution in [0, 0.1) is 0 Å². The Morgan fingerprint density at radius 2 is 0.554 bits per heavy atom. The van der Waals surface area contributed by atoms with Crippen molar-refractivity contribution in [2.24, 2.45) is 0 Å². The zero-order chi connectivity index (χ0) is 47.2. The summed E-state index contributed by atoms with van der Waals surface area (Å²) in [5.74, 6) is -1.07. The molecule has 0 saturated heterocycles. The average molecular weight is 899 g/mol. The molecule has 0 unspecified atom stereocenters. The van der Waals surface area contributed by atoms with Crippen molar-refractivity contribution >= 4 is 17.9 Å². The maximum absolute atomic E-state index is 12.8. The Morgan fingerprint density at radius 1 is 0.308 bits per heavy atom. The third-order valence-electron chi connectivity index (χ3n) is 10.4. The summed E-state index contributed by atoms with van der Waals surface area (Å²) in [4.78, 5) is 38.0. The van der Waals surface area contributed by atoms with Crippen LogP contribution in [0.2, 0.25) is 0 Å². The molecule has 0 heterocycles. The fourth-order valence-corrected chi connectivity index (χ4v) is 6.45. The van der Waals surface area contributed by atoms with Gasteiger partial charge < -0.3 is 14.2 Å². The van der Waals surface area contributed by atoms with Gasteiger partial charge in [0, 0.05) is 19.3 Å². The van der Waals surface area contributed by atoms with E-state index in [-0.39, 0.29) is 50.4 Å². The van der Waals surface area contributed by atoms with E-state index < -0.39 is 6.10 Å². The number of carbonyl (C=O) groups excluding carboxylic acids is 3. The maximum atomic E-state index is 12.8. The highest BCUT2D eigenvalue weighted by molar-refractivity contribution is 5.71. The fraction of sp³-hybridized carbons (Fsp3) is 0.610. The van der Waals surface area contributed by atoms with E-state index in [2.05, 4.69) is 142 Å². The maximum Gasteiger partial charge on any atom is 0.306 e. The summed E-state index contributed by atoms with van der Waals surface area (Å²) in [5, 5.41) is 0. The molecule has 366 valence electrons. The Bertz CT molecular complexity index is 1400. The van der Waals surface area contributed by atoms with E-state index >= 15 is 0 Å². The van der Waals surface area contributed by atoms with E-state index in [1.165, 1.54) is 77.0 Å². The summed E-state index contributed by atoms with van der Waals surface area (Å²) in [6, 6.07) is 0. The zero-order valence-electron chi connectivity index (χ0n) is 41.7. The Morgan fingerprint density at radius 3 is 0.862 bits per heavy atom. The van der Waals surface area contributed by atoms with Crippen molar-refractivity contribution in [2.45, 2.75) is 219 Å². The molecule has 1 atom stereocenters. The second-order valence-electron chi connectivity index (χ2n) is 16.7. The van der Waals surface area contributed by atoms with E-state index in [9.17, 15) is 14.4 Å². The van der Waals surface area contributed by atoms with Gasteiger partial charge in [0.05, 0.1) is 0 Å². The number of carbonyl (C=O) groups is 3. The van der Waals surface area contributed by atoms with Crippen molar-refractivity contribution in [3.8, 4) is 0 Å². The first-order valence-corrected chi connectivity index (χ1v) is 26.0. The van der Waals surface area contributed by atoms with Gasteiger partial charge in [-0.1, -0.05) is 181 Å². The first-order valence-electron chi connectivity index (χ1n) is 26.0. The summed E-state index contributed by atoms with van der Waals surface area (Å²) in [6.45, 7) is 6.42. The van der Waals surface area contributed by atoms with Crippen molar-refractivity contribution in [1.82, 2.24) is 0 Å². The smallest absolute Gasteiger partial charge is 0.306 e. The lowest BCUT2D eigenvalue weighted by Crippen LogP contribution is -2.30. The Balaban J connectivity index is 4.62. The molecule has 6 nitrogen and oxygen atoms in total. The largest absolute Gasteiger partial charge is 0.462 e. The molecule has 0 amide bonds.